The number of fused-ring (bicyclic) bond motifs is 1. The zero-order chi connectivity index (χ0) is 20.5. The molecule has 2 amide bonds. The molecule has 1 N–H and O–H groups in total. The van der Waals surface area contributed by atoms with Crippen molar-refractivity contribution in [3.63, 3.8) is 0 Å². The van der Waals surface area contributed by atoms with Crippen LogP contribution in [0.25, 0.3) is 0 Å². The Balaban J connectivity index is 1.52. The molecule has 0 saturated carbocycles. The zero-order valence-electron chi connectivity index (χ0n) is 16.3. The molecule has 2 aromatic rings. The van der Waals surface area contributed by atoms with Crippen LogP contribution in [0.2, 0.25) is 5.15 Å². The van der Waals surface area contributed by atoms with Crippen molar-refractivity contribution >= 4 is 35.3 Å². The minimum atomic E-state index is -0.0890. The van der Waals surface area contributed by atoms with E-state index in [1.165, 1.54) is 0 Å². The summed E-state index contributed by atoms with van der Waals surface area (Å²) in [5.74, 6) is 0.784. The van der Waals surface area contributed by atoms with E-state index in [1.807, 2.05) is 30.0 Å². The van der Waals surface area contributed by atoms with E-state index in [0.717, 1.165) is 29.0 Å². The summed E-state index contributed by atoms with van der Waals surface area (Å²) in [6.45, 7) is 4.31. The van der Waals surface area contributed by atoms with E-state index in [1.54, 1.807) is 24.4 Å². The largest absolute Gasteiger partial charge is 0.496 e. The van der Waals surface area contributed by atoms with Gasteiger partial charge in [0.1, 0.15) is 10.9 Å². The normalized spacial score (nSPS) is 19.2. The number of hydrazine groups is 1. The maximum Gasteiger partial charge on any atom is 0.339 e. The molecule has 9 heteroatoms. The number of amides is 2. The van der Waals surface area contributed by atoms with E-state index in [4.69, 9.17) is 16.3 Å². The molecule has 2 saturated heterocycles. The van der Waals surface area contributed by atoms with E-state index in [0.29, 0.717) is 31.7 Å². The second kappa shape index (κ2) is 7.88. The highest BCUT2D eigenvalue weighted by Crippen LogP contribution is 2.29. The Labute approximate surface area is 174 Å². The first-order chi connectivity index (χ1) is 14.0. The van der Waals surface area contributed by atoms with Crippen LogP contribution < -0.4 is 20.1 Å². The molecule has 0 bridgehead atoms. The number of benzene rings is 1. The van der Waals surface area contributed by atoms with Crippen molar-refractivity contribution < 1.29 is 14.3 Å². The first kappa shape index (κ1) is 19.5. The number of aryl methyl sites for hydroxylation is 1. The quantitative estimate of drug-likeness (QED) is 0.610. The van der Waals surface area contributed by atoms with Gasteiger partial charge in [0.25, 0.3) is 0 Å². The van der Waals surface area contributed by atoms with Crippen LogP contribution >= 0.6 is 11.6 Å². The van der Waals surface area contributed by atoms with E-state index in [9.17, 15) is 9.59 Å². The molecule has 1 aromatic heterocycles. The van der Waals surface area contributed by atoms with Crippen LogP contribution in [-0.4, -0.2) is 61.5 Å². The fourth-order valence-corrected chi connectivity index (χ4v) is 4.12. The standard InChI is InChI=1S/C20H22ClN5O3/c1-13-9-14(3-4-18(13)29-2)26-20(28)25-8-7-24(11-15(25)10-23-26)17-5-6-22-19(21)16(17)12-27/h3-6,9,12,15,23H,7-8,10-11H2,1-2H3/t15-/m1/s1. The van der Waals surface area contributed by atoms with Gasteiger partial charge in [-0.2, -0.15) is 0 Å². The minimum absolute atomic E-state index is 0.0155. The minimum Gasteiger partial charge on any atom is -0.496 e. The average molecular weight is 416 g/mol. The molecule has 0 spiro atoms. The number of halogens is 1. The summed E-state index contributed by atoms with van der Waals surface area (Å²) < 4.78 is 5.30. The number of methoxy groups -OCH3 is 1. The van der Waals surface area contributed by atoms with E-state index < -0.39 is 0 Å². The second-order valence-corrected chi connectivity index (χ2v) is 7.44. The molecule has 3 heterocycles. The second-order valence-electron chi connectivity index (χ2n) is 7.08. The predicted molar refractivity (Wildman–Crippen MR) is 111 cm³/mol. The number of aromatic nitrogens is 1. The number of nitrogens with one attached hydrogen (secondary N) is 1. The van der Waals surface area contributed by atoms with Crippen molar-refractivity contribution in [3.05, 3.63) is 46.7 Å². The van der Waals surface area contributed by atoms with E-state index >= 15 is 0 Å². The third-order valence-electron chi connectivity index (χ3n) is 5.42. The molecule has 8 nitrogen and oxygen atoms in total. The molecular formula is C20H22ClN5O3. The summed E-state index contributed by atoms with van der Waals surface area (Å²) in [5.41, 5.74) is 6.10. The van der Waals surface area contributed by atoms with Gasteiger partial charge in [-0.25, -0.2) is 20.2 Å². The summed E-state index contributed by atoms with van der Waals surface area (Å²) in [7, 11) is 1.63. The number of ether oxygens (including phenoxy) is 1. The molecular weight excluding hydrogens is 394 g/mol. The number of carbonyl (C=O) groups excluding carboxylic acids is 2. The molecule has 0 aliphatic carbocycles. The molecule has 2 aliphatic heterocycles. The maximum atomic E-state index is 13.1. The molecule has 0 radical (unpaired) electrons. The third kappa shape index (κ3) is 3.49. The average Bonchev–Trinajstić information content (AvgIpc) is 2.73. The summed E-state index contributed by atoms with van der Waals surface area (Å²) in [5, 5.41) is 1.78. The summed E-state index contributed by atoms with van der Waals surface area (Å²) in [6.07, 6.45) is 2.32. The fourth-order valence-electron chi connectivity index (χ4n) is 3.92. The van der Waals surface area contributed by atoms with Crippen molar-refractivity contribution in [2.75, 3.05) is 43.2 Å². The number of hydrogen-bond acceptors (Lipinski definition) is 6. The van der Waals surface area contributed by atoms with Gasteiger partial charge >= 0.3 is 6.03 Å². The van der Waals surface area contributed by atoms with Gasteiger partial charge in [0, 0.05) is 32.4 Å². The zero-order valence-corrected chi connectivity index (χ0v) is 17.0. The first-order valence-corrected chi connectivity index (χ1v) is 9.74. The number of anilines is 2. The van der Waals surface area contributed by atoms with Crippen LogP contribution in [0.3, 0.4) is 0 Å². The van der Waals surface area contributed by atoms with Crippen LogP contribution in [0, 0.1) is 6.92 Å². The number of nitrogens with zero attached hydrogens (tertiary/aromatic N) is 4. The van der Waals surface area contributed by atoms with Gasteiger partial charge in [-0.3, -0.25) is 4.79 Å². The van der Waals surface area contributed by atoms with Crippen LogP contribution in [0.4, 0.5) is 16.2 Å². The Morgan fingerprint density at radius 3 is 2.86 bits per heavy atom. The first-order valence-electron chi connectivity index (χ1n) is 9.37. The van der Waals surface area contributed by atoms with Crippen molar-refractivity contribution in [3.8, 4) is 5.75 Å². The topological polar surface area (TPSA) is 78.0 Å². The lowest BCUT2D eigenvalue weighted by atomic mass is 10.1. The van der Waals surface area contributed by atoms with Crippen LogP contribution in [0.5, 0.6) is 5.75 Å². The molecule has 4 rings (SSSR count). The molecule has 2 aliphatic rings. The number of urea groups is 1. The van der Waals surface area contributed by atoms with Crippen LogP contribution in [0.15, 0.2) is 30.5 Å². The lowest BCUT2D eigenvalue weighted by Crippen LogP contribution is -2.68. The van der Waals surface area contributed by atoms with E-state index in [2.05, 4.69) is 15.3 Å². The van der Waals surface area contributed by atoms with E-state index in [-0.39, 0.29) is 17.2 Å². The number of piperazine rings is 1. The summed E-state index contributed by atoms with van der Waals surface area (Å²) >= 11 is 6.07. The van der Waals surface area contributed by atoms with Crippen molar-refractivity contribution in [1.82, 2.24) is 15.3 Å². The van der Waals surface area contributed by atoms with Gasteiger partial charge in [-0.1, -0.05) is 11.6 Å². The molecule has 1 atom stereocenters. The number of hydrogen-bond donors (Lipinski definition) is 1. The Bertz CT molecular complexity index is 954. The highest BCUT2D eigenvalue weighted by atomic mass is 35.5. The van der Waals surface area contributed by atoms with Gasteiger partial charge < -0.3 is 14.5 Å². The van der Waals surface area contributed by atoms with Gasteiger partial charge in [-0.05, 0) is 36.8 Å². The molecule has 1 aromatic carbocycles. The predicted octanol–water partition coefficient (Wildman–Crippen LogP) is 2.50. The highest BCUT2D eigenvalue weighted by molar-refractivity contribution is 6.32. The van der Waals surface area contributed by atoms with Gasteiger partial charge in [0.2, 0.25) is 0 Å². The van der Waals surface area contributed by atoms with Crippen molar-refractivity contribution in [1.29, 1.82) is 0 Å². The Morgan fingerprint density at radius 2 is 2.14 bits per heavy atom. The van der Waals surface area contributed by atoms with Crippen molar-refractivity contribution in [2.24, 2.45) is 0 Å². The smallest absolute Gasteiger partial charge is 0.339 e. The number of rotatable bonds is 4. The molecule has 0 unspecified atom stereocenters. The van der Waals surface area contributed by atoms with Crippen LogP contribution in [0.1, 0.15) is 15.9 Å². The SMILES string of the molecule is COc1ccc(N2NC[C@@H]3CN(c4ccnc(Cl)c4C=O)CCN3C2=O)cc1C. The Morgan fingerprint density at radius 1 is 1.31 bits per heavy atom. The number of carbonyl (C=O) groups is 2. The summed E-state index contributed by atoms with van der Waals surface area (Å²) in [4.78, 5) is 32.5. The highest BCUT2D eigenvalue weighted by Gasteiger charge is 2.38. The van der Waals surface area contributed by atoms with Gasteiger partial charge in [-0.15, -0.1) is 0 Å². The molecule has 152 valence electrons. The monoisotopic (exact) mass is 415 g/mol. The molecule has 29 heavy (non-hydrogen) atoms. The molecule has 2 fully saturated rings. The van der Waals surface area contributed by atoms with Gasteiger partial charge in [0.05, 0.1) is 30.1 Å². The number of pyridine rings is 1. The lowest BCUT2D eigenvalue weighted by molar-refractivity contribution is 0.112. The van der Waals surface area contributed by atoms with Crippen LogP contribution in [-0.2, 0) is 0 Å². The summed E-state index contributed by atoms with van der Waals surface area (Å²) in [6, 6.07) is 7.33. The third-order valence-corrected chi connectivity index (χ3v) is 5.72. The Hall–Kier alpha value is -2.84. The number of aldehydes is 1. The fraction of sp³-hybridized carbons (Fsp3) is 0.350. The van der Waals surface area contributed by atoms with Gasteiger partial charge in [0.15, 0.2) is 6.29 Å². The van der Waals surface area contributed by atoms with Crippen molar-refractivity contribution in [2.45, 2.75) is 13.0 Å². The Kier molecular flexibility index (Phi) is 5.29. The lowest BCUT2D eigenvalue weighted by Gasteiger charge is -2.48. The maximum absolute atomic E-state index is 13.1.